The van der Waals surface area contributed by atoms with Gasteiger partial charge in [0.05, 0.1) is 18.4 Å². The van der Waals surface area contributed by atoms with E-state index in [1.54, 1.807) is 22.8 Å². The summed E-state index contributed by atoms with van der Waals surface area (Å²) in [5.41, 5.74) is 2.63. The number of rotatable bonds is 5. The van der Waals surface area contributed by atoms with Crippen LogP contribution >= 0.6 is 0 Å². The van der Waals surface area contributed by atoms with Gasteiger partial charge < -0.3 is 14.7 Å². The Morgan fingerprint density at radius 2 is 2.12 bits per heavy atom. The van der Waals surface area contributed by atoms with Crippen molar-refractivity contribution in [3.05, 3.63) is 65.8 Å². The zero-order valence-corrected chi connectivity index (χ0v) is 13.6. The van der Waals surface area contributed by atoms with Crippen LogP contribution < -0.4 is 5.32 Å². The second kappa shape index (κ2) is 6.99. The third-order valence-corrected chi connectivity index (χ3v) is 3.52. The minimum absolute atomic E-state index is 0.178. The molecule has 0 unspecified atom stereocenters. The summed E-state index contributed by atoms with van der Waals surface area (Å²) < 4.78 is 6.78. The second-order valence-corrected chi connectivity index (χ2v) is 5.57. The molecule has 0 aliphatic carbocycles. The van der Waals surface area contributed by atoms with Crippen molar-refractivity contribution in [1.29, 1.82) is 0 Å². The Morgan fingerprint density at radius 3 is 2.83 bits per heavy atom. The van der Waals surface area contributed by atoms with Crippen LogP contribution in [0.3, 0.4) is 0 Å². The number of hydrogen-bond donors (Lipinski definition) is 1. The number of para-hydroxylation sites is 1. The average molecular weight is 325 g/mol. The lowest BCUT2D eigenvalue weighted by Gasteiger charge is -2.16. The molecule has 7 heteroatoms. The maximum absolute atomic E-state index is 12.1. The summed E-state index contributed by atoms with van der Waals surface area (Å²) in [7, 11) is 1.72. The fraction of sp³-hybridized carbons (Fsp3) is 0.235. The highest BCUT2D eigenvalue weighted by atomic mass is 16.5. The molecule has 24 heavy (non-hydrogen) atoms. The highest BCUT2D eigenvalue weighted by molar-refractivity contribution is 5.73. The van der Waals surface area contributed by atoms with Gasteiger partial charge >= 0.3 is 6.03 Å². The topological polar surface area (TPSA) is 76.2 Å². The Bertz CT molecular complexity index is 809. The molecule has 0 radical (unpaired) electrons. The number of nitrogens with zero attached hydrogens (tertiary/aromatic N) is 4. The Labute approximate surface area is 139 Å². The van der Waals surface area contributed by atoms with Crippen LogP contribution in [-0.4, -0.2) is 32.9 Å². The Balaban J connectivity index is 1.53. The maximum atomic E-state index is 12.1. The van der Waals surface area contributed by atoms with Gasteiger partial charge in [-0.2, -0.15) is 5.10 Å². The summed E-state index contributed by atoms with van der Waals surface area (Å²) in [4.78, 5) is 13.7. The summed E-state index contributed by atoms with van der Waals surface area (Å²) in [6.07, 6.45) is 3.64. The van der Waals surface area contributed by atoms with Crippen LogP contribution in [0.1, 0.15) is 17.0 Å². The summed E-state index contributed by atoms with van der Waals surface area (Å²) in [5.74, 6) is 0.729. The molecule has 124 valence electrons. The van der Waals surface area contributed by atoms with Gasteiger partial charge in [-0.3, -0.25) is 0 Å². The molecule has 0 spiro atoms. The van der Waals surface area contributed by atoms with Gasteiger partial charge in [0, 0.05) is 31.4 Å². The molecule has 0 saturated heterocycles. The molecule has 0 aliphatic rings. The van der Waals surface area contributed by atoms with Crippen molar-refractivity contribution in [2.75, 3.05) is 7.05 Å². The molecule has 7 nitrogen and oxygen atoms in total. The quantitative estimate of drug-likeness (QED) is 0.782. The van der Waals surface area contributed by atoms with E-state index in [1.165, 1.54) is 0 Å². The van der Waals surface area contributed by atoms with E-state index < -0.39 is 0 Å². The monoisotopic (exact) mass is 325 g/mol. The zero-order chi connectivity index (χ0) is 16.9. The Hall–Kier alpha value is -3.09. The molecule has 1 N–H and O–H groups in total. The standard InChI is InChI=1S/C17H19N5O2/c1-13-8-15(20-24-13)12-21(2)17(23)18-9-14-10-19-22(11-14)16-6-4-3-5-7-16/h3-8,10-11H,9,12H2,1-2H3,(H,18,23). The number of carbonyl (C=O) groups excluding carboxylic acids is 1. The van der Waals surface area contributed by atoms with Crippen LogP contribution in [0.25, 0.3) is 5.69 Å². The van der Waals surface area contributed by atoms with Gasteiger partial charge in [0.1, 0.15) is 11.5 Å². The van der Waals surface area contributed by atoms with Crippen molar-refractivity contribution in [1.82, 2.24) is 25.2 Å². The van der Waals surface area contributed by atoms with Gasteiger partial charge in [-0.15, -0.1) is 0 Å². The van der Waals surface area contributed by atoms with Gasteiger partial charge in [-0.25, -0.2) is 9.48 Å². The van der Waals surface area contributed by atoms with Crippen LogP contribution in [0.15, 0.2) is 53.3 Å². The molecule has 2 heterocycles. The van der Waals surface area contributed by atoms with E-state index in [2.05, 4.69) is 15.6 Å². The normalized spacial score (nSPS) is 10.6. The zero-order valence-electron chi connectivity index (χ0n) is 13.6. The Morgan fingerprint density at radius 1 is 1.33 bits per heavy atom. The predicted molar refractivity (Wildman–Crippen MR) is 88.5 cm³/mol. The molecule has 2 amide bonds. The highest BCUT2D eigenvalue weighted by Crippen LogP contribution is 2.08. The molecule has 0 fully saturated rings. The van der Waals surface area contributed by atoms with Gasteiger partial charge in [0.2, 0.25) is 0 Å². The summed E-state index contributed by atoms with van der Waals surface area (Å²) >= 11 is 0. The minimum atomic E-state index is -0.178. The van der Waals surface area contributed by atoms with E-state index in [-0.39, 0.29) is 6.03 Å². The summed E-state index contributed by atoms with van der Waals surface area (Å²) in [5, 5.41) is 11.1. The molecule has 0 saturated carbocycles. The first kappa shape index (κ1) is 15.8. The molecule has 2 aromatic heterocycles. The number of urea groups is 1. The van der Waals surface area contributed by atoms with E-state index in [0.29, 0.717) is 13.1 Å². The number of hydrogen-bond acceptors (Lipinski definition) is 4. The summed E-state index contributed by atoms with van der Waals surface area (Å²) in [6, 6.07) is 11.5. The van der Waals surface area contributed by atoms with Crippen molar-refractivity contribution >= 4 is 6.03 Å². The van der Waals surface area contributed by atoms with Crippen molar-refractivity contribution < 1.29 is 9.32 Å². The number of amides is 2. The van der Waals surface area contributed by atoms with E-state index >= 15 is 0 Å². The van der Waals surface area contributed by atoms with E-state index in [0.717, 1.165) is 22.7 Å². The van der Waals surface area contributed by atoms with Gasteiger partial charge in [0.15, 0.2) is 0 Å². The van der Waals surface area contributed by atoms with Crippen LogP contribution in [-0.2, 0) is 13.1 Å². The second-order valence-electron chi connectivity index (χ2n) is 5.57. The highest BCUT2D eigenvalue weighted by Gasteiger charge is 2.11. The number of aryl methyl sites for hydroxylation is 1. The minimum Gasteiger partial charge on any atom is -0.361 e. The smallest absolute Gasteiger partial charge is 0.317 e. The third-order valence-electron chi connectivity index (χ3n) is 3.52. The first-order chi connectivity index (χ1) is 11.6. The van der Waals surface area contributed by atoms with Crippen molar-refractivity contribution in [2.24, 2.45) is 0 Å². The SMILES string of the molecule is Cc1cc(CN(C)C(=O)NCc2cnn(-c3ccccc3)c2)no1. The maximum Gasteiger partial charge on any atom is 0.317 e. The third kappa shape index (κ3) is 3.81. The number of nitrogens with one attached hydrogen (secondary N) is 1. The first-order valence-electron chi connectivity index (χ1n) is 7.62. The fourth-order valence-electron chi connectivity index (χ4n) is 2.29. The number of carbonyl (C=O) groups is 1. The van der Waals surface area contributed by atoms with Gasteiger partial charge in [-0.05, 0) is 19.1 Å². The van der Waals surface area contributed by atoms with Gasteiger partial charge in [-0.1, -0.05) is 23.4 Å². The van der Waals surface area contributed by atoms with Crippen LogP contribution in [0.4, 0.5) is 4.79 Å². The van der Waals surface area contributed by atoms with Crippen LogP contribution in [0.2, 0.25) is 0 Å². The molecule has 3 rings (SSSR count). The largest absolute Gasteiger partial charge is 0.361 e. The van der Waals surface area contributed by atoms with Crippen molar-refractivity contribution in [3.63, 3.8) is 0 Å². The van der Waals surface area contributed by atoms with E-state index in [1.807, 2.05) is 49.5 Å². The van der Waals surface area contributed by atoms with Crippen LogP contribution in [0.5, 0.6) is 0 Å². The molecule has 0 atom stereocenters. The molecule has 0 bridgehead atoms. The molecular weight excluding hydrogens is 306 g/mol. The van der Waals surface area contributed by atoms with E-state index in [9.17, 15) is 4.79 Å². The molecule has 1 aromatic carbocycles. The predicted octanol–water partition coefficient (Wildman–Crippen LogP) is 2.51. The number of benzene rings is 1. The molecule has 0 aliphatic heterocycles. The molecule has 3 aromatic rings. The number of aromatic nitrogens is 3. The lowest BCUT2D eigenvalue weighted by atomic mass is 10.3. The van der Waals surface area contributed by atoms with Gasteiger partial charge in [0.25, 0.3) is 0 Å². The average Bonchev–Trinajstić information content (AvgIpc) is 3.22. The molecular formula is C17H19N5O2. The lowest BCUT2D eigenvalue weighted by molar-refractivity contribution is 0.205. The van der Waals surface area contributed by atoms with E-state index in [4.69, 9.17) is 4.52 Å². The Kier molecular flexibility index (Phi) is 4.60. The van der Waals surface area contributed by atoms with Crippen molar-refractivity contribution in [2.45, 2.75) is 20.0 Å². The summed E-state index contributed by atoms with van der Waals surface area (Å²) in [6.45, 7) is 2.63. The fourth-order valence-corrected chi connectivity index (χ4v) is 2.29. The lowest BCUT2D eigenvalue weighted by Crippen LogP contribution is -2.36. The van der Waals surface area contributed by atoms with Crippen molar-refractivity contribution in [3.8, 4) is 5.69 Å². The van der Waals surface area contributed by atoms with Crippen LogP contribution in [0, 0.1) is 6.92 Å². The first-order valence-corrected chi connectivity index (χ1v) is 7.62.